The van der Waals surface area contributed by atoms with Crippen molar-refractivity contribution in [2.75, 3.05) is 11.9 Å². The molecule has 4 nitrogen and oxygen atoms in total. The molecule has 0 aliphatic rings. The molecule has 2 aromatic rings. The van der Waals surface area contributed by atoms with Crippen LogP contribution in [0.15, 0.2) is 24.3 Å². The fourth-order valence-electron chi connectivity index (χ4n) is 1.30. The molecule has 0 aliphatic heterocycles. The lowest BCUT2D eigenvalue weighted by Gasteiger charge is -2.18. The predicted octanol–water partition coefficient (Wildman–Crippen LogP) is 2.48. The van der Waals surface area contributed by atoms with Crippen LogP contribution in [0.2, 0.25) is 0 Å². The van der Waals surface area contributed by atoms with Crippen LogP contribution in [0.1, 0.15) is 20.8 Å². The van der Waals surface area contributed by atoms with Crippen molar-refractivity contribution in [1.29, 1.82) is 0 Å². The third kappa shape index (κ3) is 2.66. The van der Waals surface area contributed by atoms with Gasteiger partial charge >= 0.3 is 0 Å². The molecular weight excluding hydrogens is 200 g/mol. The first kappa shape index (κ1) is 10.8. The Morgan fingerprint density at radius 1 is 1.06 bits per heavy atom. The van der Waals surface area contributed by atoms with Crippen molar-refractivity contribution >= 4 is 17.0 Å². The average molecular weight is 216 g/mol. The highest BCUT2D eigenvalue weighted by Gasteiger charge is 2.10. The number of anilines is 1. The van der Waals surface area contributed by atoms with Crippen LogP contribution in [0.25, 0.3) is 11.0 Å². The van der Waals surface area contributed by atoms with Crippen LogP contribution >= 0.6 is 0 Å². The molecule has 0 saturated carbocycles. The fourth-order valence-corrected chi connectivity index (χ4v) is 1.30. The van der Waals surface area contributed by atoms with Crippen LogP contribution in [-0.2, 0) is 0 Å². The van der Waals surface area contributed by atoms with Gasteiger partial charge in [-0.25, -0.2) is 4.98 Å². The van der Waals surface area contributed by atoms with E-state index in [1.165, 1.54) is 0 Å². The molecule has 84 valence electrons. The molecule has 1 N–H and O–H groups in total. The molecule has 0 spiro atoms. The second kappa shape index (κ2) is 4.04. The number of aromatic nitrogens is 3. The summed E-state index contributed by atoms with van der Waals surface area (Å²) in [6.07, 6.45) is 0. The Kier molecular flexibility index (Phi) is 2.73. The topological polar surface area (TPSA) is 50.7 Å². The maximum atomic E-state index is 4.39. The van der Waals surface area contributed by atoms with Crippen LogP contribution in [0.3, 0.4) is 0 Å². The number of nitrogens with one attached hydrogen (secondary N) is 1. The zero-order chi connectivity index (χ0) is 11.6. The summed E-state index contributed by atoms with van der Waals surface area (Å²) in [7, 11) is 0. The Labute approximate surface area is 95.1 Å². The Hall–Kier alpha value is -1.71. The monoisotopic (exact) mass is 216 g/mol. The quantitative estimate of drug-likeness (QED) is 0.837. The summed E-state index contributed by atoms with van der Waals surface area (Å²) in [4.78, 5) is 4.39. The third-order valence-electron chi connectivity index (χ3n) is 2.14. The highest BCUT2D eigenvalue weighted by atomic mass is 15.2. The largest absolute Gasteiger partial charge is 0.352 e. The zero-order valence-corrected chi connectivity index (χ0v) is 9.86. The van der Waals surface area contributed by atoms with Gasteiger partial charge in [0.1, 0.15) is 5.52 Å². The van der Waals surface area contributed by atoms with Gasteiger partial charge in [-0.05, 0) is 17.5 Å². The fraction of sp³-hybridized carbons (Fsp3) is 0.417. The molecule has 0 aliphatic carbocycles. The number of hydrogen-bond donors (Lipinski definition) is 1. The average Bonchev–Trinajstić information content (AvgIpc) is 2.25. The Balaban J connectivity index is 2.20. The minimum Gasteiger partial charge on any atom is -0.352 e. The highest BCUT2D eigenvalue weighted by Crippen LogP contribution is 2.14. The molecule has 1 heterocycles. The van der Waals surface area contributed by atoms with E-state index >= 15 is 0 Å². The lowest BCUT2D eigenvalue weighted by molar-refractivity contribution is 0.441. The van der Waals surface area contributed by atoms with Gasteiger partial charge in [0.2, 0.25) is 5.95 Å². The number of rotatable bonds is 2. The normalized spacial score (nSPS) is 11.7. The Morgan fingerprint density at radius 2 is 1.75 bits per heavy atom. The number of para-hydroxylation sites is 1. The van der Waals surface area contributed by atoms with Gasteiger partial charge in [0.25, 0.3) is 0 Å². The molecule has 1 aromatic carbocycles. The van der Waals surface area contributed by atoms with E-state index in [0.717, 1.165) is 17.6 Å². The number of fused-ring (bicyclic) bond motifs is 1. The van der Waals surface area contributed by atoms with Crippen LogP contribution in [0.5, 0.6) is 0 Å². The standard InChI is InChI=1S/C12H16N4/c1-12(2,3)8-13-11-14-9-6-4-5-7-10(9)15-16-11/h4-7H,8H2,1-3H3,(H,13,14,16). The predicted molar refractivity (Wildman–Crippen MR) is 65.3 cm³/mol. The van der Waals surface area contributed by atoms with Gasteiger partial charge in [-0.3, -0.25) is 0 Å². The molecule has 2 rings (SSSR count). The van der Waals surface area contributed by atoms with Crippen LogP contribution in [0, 0.1) is 5.41 Å². The second-order valence-corrected chi connectivity index (χ2v) is 5.04. The molecule has 16 heavy (non-hydrogen) atoms. The van der Waals surface area contributed by atoms with E-state index in [4.69, 9.17) is 0 Å². The molecule has 0 amide bonds. The summed E-state index contributed by atoms with van der Waals surface area (Å²) in [5.74, 6) is 0.591. The van der Waals surface area contributed by atoms with Crippen molar-refractivity contribution in [2.24, 2.45) is 5.41 Å². The maximum absolute atomic E-state index is 4.39. The highest BCUT2D eigenvalue weighted by molar-refractivity contribution is 5.73. The van der Waals surface area contributed by atoms with Crippen molar-refractivity contribution in [2.45, 2.75) is 20.8 Å². The molecule has 0 radical (unpaired) electrons. The van der Waals surface area contributed by atoms with Gasteiger partial charge in [0, 0.05) is 6.54 Å². The van der Waals surface area contributed by atoms with Gasteiger partial charge in [0.05, 0.1) is 5.52 Å². The lowest BCUT2D eigenvalue weighted by atomic mass is 9.97. The van der Waals surface area contributed by atoms with Gasteiger partial charge in [-0.2, -0.15) is 0 Å². The second-order valence-electron chi connectivity index (χ2n) is 5.04. The van der Waals surface area contributed by atoms with E-state index in [0.29, 0.717) is 5.95 Å². The number of nitrogens with zero attached hydrogens (tertiary/aromatic N) is 3. The third-order valence-corrected chi connectivity index (χ3v) is 2.14. The minimum absolute atomic E-state index is 0.203. The molecule has 0 bridgehead atoms. The van der Waals surface area contributed by atoms with Crippen molar-refractivity contribution in [3.8, 4) is 0 Å². The zero-order valence-electron chi connectivity index (χ0n) is 9.86. The first-order chi connectivity index (χ1) is 7.54. The van der Waals surface area contributed by atoms with Crippen molar-refractivity contribution < 1.29 is 0 Å². The van der Waals surface area contributed by atoms with E-state index in [-0.39, 0.29) is 5.41 Å². The summed E-state index contributed by atoms with van der Waals surface area (Å²) in [6.45, 7) is 7.31. The minimum atomic E-state index is 0.203. The summed E-state index contributed by atoms with van der Waals surface area (Å²) in [5, 5.41) is 11.3. The molecule has 0 fully saturated rings. The smallest absolute Gasteiger partial charge is 0.243 e. The van der Waals surface area contributed by atoms with Gasteiger partial charge in [-0.15, -0.1) is 10.2 Å². The molecule has 1 aromatic heterocycles. The SMILES string of the molecule is CC(C)(C)CNc1nnc2ccccc2n1. The van der Waals surface area contributed by atoms with Crippen LogP contribution in [-0.4, -0.2) is 21.7 Å². The van der Waals surface area contributed by atoms with Gasteiger partial charge < -0.3 is 5.32 Å². The van der Waals surface area contributed by atoms with E-state index in [9.17, 15) is 0 Å². The molecule has 0 saturated heterocycles. The maximum Gasteiger partial charge on any atom is 0.243 e. The summed E-state index contributed by atoms with van der Waals surface area (Å²) < 4.78 is 0. The van der Waals surface area contributed by atoms with E-state index in [1.54, 1.807) is 0 Å². The number of hydrogen-bond acceptors (Lipinski definition) is 4. The Bertz CT molecular complexity index is 488. The van der Waals surface area contributed by atoms with E-state index < -0.39 is 0 Å². The first-order valence-electron chi connectivity index (χ1n) is 5.38. The van der Waals surface area contributed by atoms with Crippen LogP contribution < -0.4 is 5.32 Å². The van der Waals surface area contributed by atoms with Gasteiger partial charge in [0.15, 0.2) is 0 Å². The van der Waals surface area contributed by atoms with E-state index in [1.807, 2.05) is 24.3 Å². The molecule has 4 heteroatoms. The Morgan fingerprint density at radius 3 is 2.44 bits per heavy atom. The van der Waals surface area contributed by atoms with E-state index in [2.05, 4.69) is 41.3 Å². The first-order valence-corrected chi connectivity index (χ1v) is 5.38. The molecular formula is C12H16N4. The van der Waals surface area contributed by atoms with Crippen LogP contribution in [0.4, 0.5) is 5.95 Å². The molecule has 0 atom stereocenters. The van der Waals surface area contributed by atoms with Crippen molar-refractivity contribution in [3.63, 3.8) is 0 Å². The number of benzene rings is 1. The molecule has 0 unspecified atom stereocenters. The summed E-state index contributed by atoms with van der Waals surface area (Å²) in [5.41, 5.74) is 1.90. The lowest BCUT2D eigenvalue weighted by Crippen LogP contribution is -2.20. The summed E-state index contributed by atoms with van der Waals surface area (Å²) >= 11 is 0. The van der Waals surface area contributed by atoms with Crippen molar-refractivity contribution in [3.05, 3.63) is 24.3 Å². The van der Waals surface area contributed by atoms with Crippen molar-refractivity contribution in [1.82, 2.24) is 15.2 Å². The van der Waals surface area contributed by atoms with Gasteiger partial charge in [-0.1, -0.05) is 32.9 Å². The summed E-state index contributed by atoms with van der Waals surface area (Å²) in [6, 6.07) is 7.72.